The number of hydrogen-bond donors (Lipinski definition) is 3. The van der Waals surface area contributed by atoms with E-state index in [1.807, 2.05) is 43.3 Å². The SMILES string of the molecule is CCc1nn(-c2c(Cl)cc(Cl)cc2Cl)c2nc(Cc3ccccc3NC(=O)NCc3ccccn3)[nH]c(=O)c12. The highest BCUT2D eigenvalue weighted by Gasteiger charge is 2.21. The average Bonchev–Trinajstić information content (AvgIpc) is 3.27. The Labute approximate surface area is 238 Å². The van der Waals surface area contributed by atoms with Crippen molar-refractivity contribution in [3.63, 3.8) is 0 Å². The fourth-order valence-electron chi connectivity index (χ4n) is 4.18. The molecule has 3 aromatic heterocycles. The zero-order chi connectivity index (χ0) is 27.5. The first-order valence-corrected chi connectivity index (χ1v) is 13.2. The van der Waals surface area contributed by atoms with Gasteiger partial charge in [-0.15, -0.1) is 0 Å². The number of fused-ring (bicyclic) bond motifs is 1. The molecule has 5 aromatic rings. The van der Waals surface area contributed by atoms with E-state index in [4.69, 9.17) is 39.8 Å². The van der Waals surface area contributed by atoms with Crippen LogP contribution in [0.3, 0.4) is 0 Å². The van der Waals surface area contributed by atoms with Crippen LogP contribution in [0.4, 0.5) is 10.5 Å². The number of carbonyl (C=O) groups is 1. The minimum atomic E-state index is -0.386. The Morgan fingerprint density at radius 3 is 2.51 bits per heavy atom. The molecule has 0 saturated heterocycles. The molecule has 2 aromatic carbocycles. The normalized spacial score (nSPS) is 11.1. The summed E-state index contributed by atoms with van der Waals surface area (Å²) in [5.41, 5.74) is 2.97. The second-order valence-electron chi connectivity index (χ2n) is 8.60. The second kappa shape index (κ2) is 11.4. The first-order valence-electron chi connectivity index (χ1n) is 12.0. The number of urea groups is 1. The summed E-state index contributed by atoms with van der Waals surface area (Å²) in [5, 5.41) is 11.5. The third-order valence-electron chi connectivity index (χ3n) is 5.97. The van der Waals surface area contributed by atoms with Crippen LogP contribution in [0.2, 0.25) is 15.1 Å². The van der Waals surface area contributed by atoms with Crippen molar-refractivity contribution in [1.29, 1.82) is 0 Å². The van der Waals surface area contributed by atoms with Crippen molar-refractivity contribution in [3.8, 4) is 5.69 Å². The maximum absolute atomic E-state index is 13.2. The molecule has 12 heteroatoms. The molecule has 39 heavy (non-hydrogen) atoms. The summed E-state index contributed by atoms with van der Waals surface area (Å²) in [6.45, 7) is 2.17. The zero-order valence-corrected chi connectivity index (χ0v) is 22.9. The molecular weight excluding hydrogens is 561 g/mol. The number of nitrogens with zero attached hydrogens (tertiary/aromatic N) is 4. The molecule has 2 amide bonds. The molecule has 0 aliphatic heterocycles. The van der Waals surface area contributed by atoms with Crippen LogP contribution in [-0.2, 0) is 19.4 Å². The molecular formula is C27H22Cl3N7O2. The highest BCUT2D eigenvalue weighted by atomic mass is 35.5. The largest absolute Gasteiger partial charge is 0.332 e. The maximum atomic E-state index is 13.2. The van der Waals surface area contributed by atoms with Crippen molar-refractivity contribution in [3.05, 3.63) is 109 Å². The molecule has 0 saturated carbocycles. The average molecular weight is 583 g/mol. The molecule has 9 nitrogen and oxygen atoms in total. The van der Waals surface area contributed by atoms with Gasteiger partial charge in [0.1, 0.15) is 16.9 Å². The van der Waals surface area contributed by atoms with Crippen LogP contribution in [0.25, 0.3) is 16.7 Å². The summed E-state index contributed by atoms with van der Waals surface area (Å²) < 4.78 is 1.48. The molecule has 0 bridgehead atoms. The molecule has 0 unspecified atom stereocenters. The topological polar surface area (TPSA) is 118 Å². The van der Waals surface area contributed by atoms with Gasteiger partial charge in [0.05, 0.1) is 28.0 Å². The smallest absolute Gasteiger partial charge is 0.319 e. The van der Waals surface area contributed by atoms with Gasteiger partial charge < -0.3 is 15.6 Å². The van der Waals surface area contributed by atoms with Crippen LogP contribution in [0, 0.1) is 0 Å². The highest BCUT2D eigenvalue weighted by molar-refractivity contribution is 6.40. The second-order valence-corrected chi connectivity index (χ2v) is 9.85. The number of aromatic amines is 1. The number of nitrogens with one attached hydrogen (secondary N) is 3. The number of anilines is 1. The first kappa shape index (κ1) is 26.7. The minimum absolute atomic E-state index is 0.233. The lowest BCUT2D eigenvalue weighted by Crippen LogP contribution is -2.29. The number of benzene rings is 2. The van der Waals surface area contributed by atoms with Crippen molar-refractivity contribution in [2.75, 3.05) is 5.32 Å². The molecule has 0 atom stereocenters. The number of para-hydroxylation sites is 1. The number of H-pyrrole nitrogens is 1. The van der Waals surface area contributed by atoms with E-state index in [2.05, 4.69) is 25.7 Å². The number of hydrogen-bond acceptors (Lipinski definition) is 5. The lowest BCUT2D eigenvalue weighted by Gasteiger charge is -2.12. The zero-order valence-electron chi connectivity index (χ0n) is 20.6. The monoisotopic (exact) mass is 581 g/mol. The molecule has 5 rings (SSSR count). The predicted molar refractivity (Wildman–Crippen MR) is 153 cm³/mol. The number of carbonyl (C=O) groups excluding carboxylic acids is 1. The van der Waals surface area contributed by atoms with Crippen LogP contribution >= 0.6 is 34.8 Å². The molecule has 0 fully saturated rings. The van der Waals surface area contributed by atoms with E-state index >= 15 is 0 Å². The van der Waals surface area contributed by atoms with Gasteiger partial charge in [-0.1, -0.05) is 66.0 Å². The van der Waals surface area contributed by atoms with Crippen LogP contribution in [0.5, 0.6) is 0 Å². The van der Waals surface area contributed by atoms with Gasteiger partial charge in [0, 0.05) is 23.3 Å². The van der Waals surface area contributed by atoms with Crippen LogP contribution < -0.4 is 16.2 Å². The van der Waals surface area contributed by atoms with E-state index in [-0.39, 0.29) is 34.6 Å². The van der Waals surface area contributed by atoms with Gasteiger partial charge in [-0.05, 0) is 42.3 Å². The number of amides is 2. The molecule has 0 radical (unpaired) electrons. The minimum Gasteiger partial charge on any atom is -0.332 e. The number of rotatable bonds is 7. The molecule has 0 spiro atoms. The molecule has 0 aliphatic carbocycles. The fraction of sp³-hybridized carbons (Fsp3) is 0.148. The van der Waals surface area contributed by atoms with Gasteiger partial charge in [-0.3, -0.25) is 9.78 Å². The molecule has 198 valence electrons. The van der Waals surface area contributed by atoms with Crippen molar-refractivity contribution in [1.82, 2.24) is 30.0 Å². The number of halogens is 3. The van der Waals surface area contributed by atoms with Crippen molar-refractivity contribution >= 4 is 57.6 Å². The van der Waals surface area contributed by atoms with Crippen LogP contribution in [-0.4, -0.2) is 30.8 Å². The van der Waals surface area contributed by atoms with E-state index in [9.17, 15) is 9.59 Å². The van der Waals surface area contributed by atoms with Gasteiger partial charge in [0.25, 0.3) is 5.56 Å². The Hall–Kier alpha value is -3.92. The summed E-state index contributed by atoms with van der Waals surface area (Å²) >= 11 is 19.0. The number of aryl methyl sites for hydroxylation is 1. The standard InChI is InChI=1S/C27H22Cl3N7O2/c1-2-20-23-25(37(36-20)24-18(29)12-16(28)13-19(24)30)34-22(35-26(23)38)11-15-7-3-4-9-21(15)33-27(39)32-14-17-8-5-6-10-31-17/h3-10,12-13H,2,11,14H2,1H3,(H2,32,33,39)(H,34,35,38). The first-order chi connectivity index (χ1) is 18.8. The lowest BCUT2D eigenvalue weighted by molar-refractivity contribution is 0.251. The number of pyridine rings is 1. The van der Waals surface area contributed by atoms with E-state index in [0.29, 0.717) is 45.4 Å². The summed E-state index contributed by atoms with van der Waals surface area (Å²) in [7, 11) is 0. The Bertz CT molecular complexity index is 1710. The van der Waals surface area contributed by atoms with Gasteiger partial charge in [0.15, 0.2) is 5.65 Å². The third kappa shape index (κ3) is 5.75. The van der Waals surface area contributed by atoms with E-state index in [1.165, 1.54) is 4.68 Å². The Kier molecular flexibility index (Phi) is 7.83. The van der Waals surface area contributed by atoms with E-state index in [0.717, 1.165) is 11.3 Å². The third-order valence-corrected chi connectivity index (χ3v) is 6.76. The van der Waals surface area contributed by atoms with E-state index in [1.54, 1.807) is 24.4 Å². The Morgan fingerprint density at radius 2 is 1.79 bits per heavy atom. The van der Waals surface area contributed by atoms with E-state index < -0.39 is 0 Å². The van der Waals surface area contributed by atoms with Gasteiger partial charge in [0.2, 0.25) is 0 Å². The molecule has 3 N–H and O–H groups in total. The Morgan fingerprint density at radius 1 is 1.05 bits per heavy atom. The highest BCUT2D eigenvalue weighted by Crippen LogP contribution is 2.34. The van der Waals surface area contributed by atoms with Crippen LogP contribution in [0.15, 0.2) is 65.6 Å². The fourth-order valence-corrected chi connectivity index (χ4v) is 5.16. The van der Waals surface area contributed by atoms with Gasteiger partial charge in [-0.2, -0.15) is 5.10 Å². The summed E-state index contributed by atoms with van der Waals surface area (Å²) in [4.78, 5) is 37.6. The quantitative estimate of drug-likeness (QED) is 0.220. The van der Waals surface area contributed by atoms with Crippen LogP contribution in [0.1, 0.15) is 29.7 Å². The molecule has 0 aliphatic rings. The molecule has 3 heterocycles. The Balaban J connectivity index is 1.47. The van der Waals surface area contributed by atoms with Crippen molar-refractivity contribution in [2.45, 2.75) is 26.3 Å². The summed E-state index contributed by atoms with van der Waals surface area (Å²) in [6, 6.07) is 15.5. The summed E-state index contributed by atoms with van der Waals surface area (Å²) in [6.07, 6.45) is 2.40. The maximum Gasteiger partial charge on any atom is 0.319 e. The number of aromatic nitrogens is 5. The van der Waals surface area contributed by atoms with Gasteiger partial charge in [-0.25, -0.2) is 14.5 Å². The van der Waals surface area contributed by atoms with Gasteiger partial charge >= 0.3 is 6.03 Å². The van der Waals surface area contributed by atoms with Crippen molar-refractivity contribution < 1.29 is 4.79 Å². The van der Waals surface area contributed by atoms with Crippen molar-refractivity contribution in [2.24, 2.45) is 0 Å². The predicted octanol–water partition coefficient (Wildman–Crippen LogP) is 5.94. The summed E-state index contributed by atoms with van der Waals surface area (Å²) in [5.74, 6) is 0.376. The lowest BCUT2D eigenvalue weighted by atomic mass is 10.1.